The molecule has 0 aromatic heterocycles. The van der Waals surface area contributed by atoms with Crippen LogP contribution in [0.2, 0.25) is 0 Å². The fourth-order valence-corrected chi connectivity index (χ4v) is 2.16. The Morgan fingerprint density at radius 3 is 2.65 bits per heavy atom. The lowest BCUT2D eigenvalue weighted by atomic mass is 10.0. The van der Waals surface area contributed by atoms with Gasteiger partial charge in [0.1, 0.15) is 5.75 Å². The molecule has 106 valence electrons. The first kappa shape index (κ1) is 14.4. The minimum absolute atomic E-state index is 0.0698. The molecule has 20 heavy (non-hydrogen) atoms. The molecular formula is C17H21NO2. The molecule has 1 atom stereocenters. The van der Waals surface area contributed by atoms with Gasteiger partial charge in [0.25, 0.3) is 5.91 Å². The van der Waals surface area contributed by atoms with Gasteiger partial charge in [0.15, 0.2) is 0 Å². The van der Waals surface area contributed by atoms with Gasteiger partial charge < -0.3 is 10.1 Å². The second-order valence-electron chi connectivity index (χ2n) is 4.88. The van der Waals surface area contributed by atoms with Crippen molar-refractivity contribution in [2.24, 2.45) is 0 Å². The highest BCUT2D eigenvalue weighted by molar-refractivity contribution is 6.09. The van der Waals surface area contributed by atoms with Crippen LogP contribution < -0.4 is 10.1 Å². The van der Waals surface area contributed by atoms with Gasteiger partial charge in [-0.2, -0.15) is 0 Å². The van der Waals surface area contributed by atoms with Gasteiger partial charge in [-0.15, -0.1) is 0 Å². The number of rotatable bonds is 5. The van der Waals surface area contributed by atoms with E-state index in [0.29, 0.717) is 17.9 Å². The molecule has 0 saturated heterocycles. The van der Waals surface area contributed by atoms with Crippen LogP contribution in [-0.4, -0.2) is 18.6 Å². The van der Waals surface area contributed by atoms with Gasteiger partial charge in [0.05, 0.1) is 12.2 Å². The van der Waals surface area contributed by atoms with Crippen LogP contribution in [0.1, 0.15) is 37.6 Å². The molecular weight excluding hydrogens is 250 g/mol. The van der Waals surface area contributed by atoms with E-state index in [1.165, 1.54) is 0 Å². The van der Waals surface area contributed by atoms with Gasteiger partial charge in [-0.05, 0) is 37.1 Å². The molecule has 3 nitrogen and oxygen atoms in total. The molecule has 0 aliphatic carbocycles. The maximum absolute atomic E-state index is 12.5. The predicted molar refractivity (Wildman–Crippen MR) is 82.3 cm³/mol. The van der Waals surface area contributed by atoms with Crippen LogP contribution in [0.5, 0.6) is 5.75 Å². The average Bonchev–Trinajstić information content (AvgIpc) is 2.47. The molecule has 0 radical (unpaired) electrons. The highest BCUT2D eigenvalue weighted by atomic mass is 16.5. The predicted octanol–water partition coefficient (Wildman–Crippen LogP) is 3.77. The lowest BCUT2D eigenvalue weighted by Crippen LogP contribution is -2.32. The minimum atomic E-state index is -0.0698. The van der Waals surface area contributed by atoms with Gasteiger partial charge in [0.2, 0.25) is 0 Å². The van der Waals surface area contributed by atoms with Crippen molar-refractivity contribution in [2.75, 3.05) is 6.61 Å². The van der Waals surface area contributed by atoms with Crippen molar-refractivity contribution in [1.82, 2.24) is 5.32 Å². The molecule has 0 spiro atoms. The summed E-state index contributed by atoms with van der Waals surface area (Å²) in [5, 5.41) is 4.99. The van der Waals surface area contributed by atoms with E-state index in [2.05, 4.69) is 12.2 Å². The summed E-state index contributed by atoms with van der Waals surface area (Å²) in [5.74, 6) is 0.576. The molecule has 0 saturated carbocycles. The molecule has 3 heteroatoms. The number of hydrogen-bond acceptors (Lipinski definition) is 2. The first-order valence-corrected chi connectivity index (χ1v) is 7.12. The lowest BCUT2D eigenvalue weighted by molar-refractivity contribution is 0.0937. The van der Waals surface area contributed by atoms with Crippen molar-refractivity contribution in [1.29, 1.82) is 0 Å². The molecule has 0 bridgehead atoms. The zero-order valence-electron chi connectivity index (χ0n) is 12.3. The van der Waals surface area contributed by atoms with Gasteiger partial charge in [0, 0.05) is 6.04 Å². The van der Waals surface area contributed by atoms with E-state index >= 15 is 0 Å². The second-order valence-corrected chi connectivity index (χ2v) is 4.88. The first-order valence-electron chi connectivity index (χ1n) is 7.12. The van der Waals surface area contributed by atoms with Crippen LogP contribution in [0.4, 0.5) is 0 Å². The van der Waals surface area contributed by atoms with Crippen LogP contribution >= 0.6 is 0 Å². The Balaban J connectivity index is 2.51. The van der Waals surface area contributed by atoms with E-state index in [1.807, 2.05) is 50.2 Å². The molecule has 2 aromatic carbocycles. The molecule has 0 aliphatic rings. The molecule has 0 fully saturated rings. The van der Waals surface area contributed by atoms with Crippen LogP contribution in [0, 0.1) is 0 Å². The van der Waals surface area contributed by atoms with Crippen LogP contribution in [0.3, 0.4) is 0 Å². The quantitative estimate of drug-likeness (QED) is 0.899. The van der Waals surface area contributed by atoms with Gasteiger partial charge >= 0.3 is 0 Å². The van der Waals surface area contributed by atoms with E-state index < -0.39 is 0 Å². The minimum Gasteiger partial charge on any atom is -0.493 e. The number of hydrogen-bond donors (Lipinski definition) is 1. The summed E-state index contributed by atoms with van der Waals surface area (Å²) in [5.41, 5.74) is 0.630. The van der Waals surface area contributed by atoms with E-state index in [0.717, 1.165) is 17.2 Å². The third-order valence-electron chi connectivity index (χ3n) is 3.41. The molecule has 2 aromatic rings. The number of ether oxygens (including phenoxy) is 1. The number of fused-ring (bicyclic) bond motifs is 1. The molecule has 1 N–H and O–H groups in total. The molecule has 0 heterocycles. The fourth-order valence-electron chi connectivity index (χ4n) is 2.16. The topological polar surface area (TPSA) is 38.3 Å². The van der Waals surface area contributed by atoms with Crippen molar-refractivity contribution >= 4 is 16.7 Å². The largest absolute Gasteiger partial charge is 0.493 e. The van der Waals surface area contributed by atoms with Crippen molar-refractivity contribution in [2.45, 2.75) is 33.2 Å². The standard InChI is InChI=1S/C17H21NO2/c1-4-12(3)18-17(19)16-14-9-7-6-8-13(14)10-11-15(16)20-5-2/h6-12H,4-5H2,1-3H3,(H,18,19). The average molecular weight is 271 g/mol. The molecule has 0 aliphatic heterocycles. The number of benzene rings is 2. The van der Waals surface area contributed by atoms with Crippen LogP contribution in [0.15, 0.2) is 36.4 Å². The molecule has 2 rings (SSSR count). The lowest BCUT2D eigenvalue weighted by Gasteiger charge is -2.16. The fraction of sp³-hybridized carbons (Fsp3) is 0.353. The van der Waals surface area contributed by atoms with Gasteiger partial charge in [-0.25, -0.2) is 0 Å². The van der Waals surface area contributed by atoms with E-state index in [4.69, 9.17) is 4.74 Å². The smallest absolute Gasteiger partial charge is 0.255 e. The molecule has 1 unspecified atom stereocenters. The summed E-state index contributed by atoms with van der Waals surface area (Å²) in [6.07, 6.45) is 0.903. The Morgan fingerprint density at radius 1 is 1.20 bits per heavy atom. The highest BCUT2D eigenvalue weighted by Gasteiger charge is 2.17. The third kappa shape index (κ3) is 2.93. The van der Waals surface area contributed by atoms with Crippen LogP contribution in [-0.2, 0) is 0 Å². The first-order chi connectivity index (χ1) is 9.67. The van der Waals surface area contributed by atoms with Crippen LogP contribution in [0.25, 0.3) is 10.8 Å². The van der Waals surface area contributed by atoms with Crippen molar-refractivity contribution in [3.8, 4) is 5.75 Å². The van der Waals surface area contributed by atoms with E-state index in [9.17, 15) is 4.79 Å². The Morgan fingerprint density at radius 2 is 1.95 bits per heavy atom. The monoisotopic (exact) mass is 271 g/mol. The summed E-state index contributed by atoms with van der Waals surface area (Å²) < 4.78 is 5.62. The van der Waals surface area contributed by atoms with E-state index in [-0.39, 0.29) is 11.9 Å². The normalized spacial score (nSPS) is 12.2. The maximum Gasteiger partial charge on any atom is 0.255 e. The Labute approximate surface area is 119 Å². The van der Waals surface area contributed by atoms with Gasteiger partial charge in [-0.3, -0.25) is 4.79 Å². The van der Waals surface area contributed by atoms with Crippen molar-refractivity contribution < 1.29 is 9.53 Å². The summed E-state index contributed by atoms with van der Waals surface area (Å²) in [4.78, 5) is 12.5. The Kier molecular flexibility index (Phi) is 4.61. The number of nitrogens with one attached hydrogen (secondary N) is 1. The third-order valence-corrected chi connectivity index (χ3v) is 3.41. The van der Waals surface area contributed by atoms with Crippen molar-refractivity contribution in [3.05, 3.63) is 42.0 Å². The summed E-state index contributed by atoms with van der Waals surface area (Å²) in [7, 11) is 0. The Hall–Kier alpha value is -2.03. The SMILES string of the molecule is CCOc1ccc2ccccc2c1C(=O)NC(C)CC. The van der Waals surface area contributed by atoms with Crippen molar-refractivity contribution in [3.63, 3.8) is 0 Å². The number of carbonyl (C=O) groups is 1. The maximum atomic E-state index is 12.5. The highest BCUT2D eigenvalue weighted by Crippen LogP contribution is 2.28. The Bertz CT molecular complexity index is 607. The number of carbonyl (C=O) groups excluding carboxylic acids is 1. The zero-order chi connectivity index (χ0) is 14.5. The second kappa shape index (κ2) is 6.42. The van der Waals surface area contributed by atoms with Gasteiger partial charge in [-0.1, -0.05) is 37.3 Å². The summed E-state index contributed by atoms with van der Waals surface area (Å²) >= 11 is 0. The summed E-state index contributed by atoms with van der Waals surface area (Å²) in [6.45, 7) is 6.52. The molecule has 1 amide bonds. The summed E-state index contributed by atoms with van der Waals surface area (Å²) in [6, 6.07) is 11.9. The van der Waals surface area contributed by atoms with E-state index in [1.54, 1.807) is 0 Å². The zero-order valence-corrected chi connectivity index (χ0v) is 12.3. The number of amides is 1.